The average molecular weight is 297 g/mol. The Bertz CT molecular complexity index is 746. The molecule has 0 saturated carbocycles. The molecule has 2 aliphatic heterocycles. The quantitative estimate of drug-likeness (QED) is 0.792. The van der Waals surface area contributed by atoms with Crippen LogP contribution in [0, 0.1) is 18.8 Å². The lowest BCUT2D eigenvalue weighted by Crippen LogP contribution is -2.42. The normalized spacial score (nSPS) is 24.9. The first-order chi connectivity index (χ1) is 10.6. The van der Waals surface area contributed by atoms with Crippen LogP contribution in [0.25, 0.3) is 11.0 Å². The van der Waals surface area contributed by atoms with Gasteiger partial charge in [0.25, 0.3) is 0 Å². The molecule has 0 bridgehead atoms. The highest BCUT2D eigenvalue weighted by molar-refractivity contribution is 5.87. The van der Waals surface area contributed by atoms with Gasteiger partial charge >= 0.3 is 0 Å². The molecule has 22 heavy (non-hydrogen) atoms. The van der Waals surface area contributed by atoms with Gasteiger partial charge in [-0.2, -0.15) is 0 Å². The summed E-state index contributed by atoms with van der Waals surface area (Å²) in [5, 5.41) is 0. The fourth-order valence-electron chi connectivity index (χ4n) is 3.63. The minimum Gasteiger partial charge on any atom is -0.354 e. The van der Waals surface area contributed by atoms with E-state index in [4.69, 9.17) is 0 Å². The minimum atomic E-state index is 0.0913. The van der Waals surface area contributed by atoms with Crippen molar-refractivity contribution < 1.29 is 4.79 Å². The van der Waals surface area contributed by atoms with Crippen molar-refractivity contribution in [3.8, 4) is 0 Å². The van der Waals surface area contributed by atoms with Crippen LogP contribution in [0.5, 0.6) is 0 Å². The molecule has 0 aromatic carbocycles. The van der Waals surface area contributed by atoms with Crippen molar-refractivity contribution >= 4 is 22.8 Å². The number of likely N-dealkylation sites (tertiary alicyclic amines) is 1. The predicted octanol–water partition coefficient (Wildman–Crippen LogP) is 1.25. The van der Waals surface area contributed by atoms with Gasteiger partial charge in [-0.3, -0.25) is 4.79 Å². The molecular weight excluding hydrogens is 278 g/mol. The number of hydrogen-bond acceptors (Lipinski definition) is 5. The van der Waals surface area contributed by atoms with Crippen LogP contribution in [-0.4, -0.2) is 52.4 Å². The molecule has 4 rings (SSSR count). The number of carbonyl (C=O) groups excluding carboxylic acids is 1. The maximum absolute atomic E-state index is 12.4. The van der Waals surface area contributed by atoms with Crippen molar-refractivity contribution in [1.82, 2.24) is 19.9 Å². The van der Waals surface area contributed by atoms with E-state index in [0.717, 1.165) is 48.6 Å². The first-order valence-corrected chi connectivity index (χ1v) is 7.72. The van der Waals surface area contributed by atoms with Gasteiger partial charge in [-0.05, 0) is 31.4 Å². The number of aromatic nitrogens is 3. The number of anilines is 1. The number of piperidine rings is 1. The molecule has 0 aliphatic carbocycles. The van der Waals surface area contributed by atoms with E-state index in [9.17, 15) is 4.79 Å². The van der Waals surface area contributed by atoms with Gasteiger partial charge in [0.15, 0.2) is 5.82 Å². The van der Waals surface area contributed by atoms with Crippen LogP contribution in [0.1, 0.15) is 12.1 Å². The third kappa shape index (κ3) is 2.01. The number of rotatable bonds is 1. The third-order valence-corrected chi connectivity index (χ3v) is 4.87. The maximum Gasteiger partial charge on any atom is 0.227 e. The van der Waals surface area contributed by atoms with Crippen molar-refractivity contribution in [2.24, 2.45) is 11.8 Å². The molecular formula is C16H19N5O. The molecule has 4 heterocycles. The largest absolute Gasteiger partial charge is 0.354 e. The monoisotopic (exact) mass is 297 g/mol. The zero-order valence-corrected chi connectivity index (χ0v) is 12.9. The number of hydrogen-bond donors (Lipinski definition) is 0. The Balaban J connectivity index is 1.72. The van der Waals surface area contributed by atoms with Gasteiger partial charge in [0.2, 0.25) is 5.91 Å². The van der Waals surface area contributed by atoms with Crippen molar-refractivity contribution in [1.29, 1.82) is 0 Å². The number of carbonyl (C=O) groups is 1. The molecule has 2 aliphatic rings. The van der Waals surface area contributed by atoms with E-state index in [0.29, 0.717) is 5.92 Å². The van der Waals surface area contributed by atoms with Crippen molar-refractivity contribution in [3.63, 3.8) is 0 Å². The Morgan fingerprint density at radius 3 is 2.95 bits per heavy atom. The van der Waals surface area contributed by atoms with Gasteiger partial charge in [0, 0.05) is 32.4 Å². The first kappa shape index (κ1) is 13.4. The number of aryl methyl sites for hydroxylation is 1. The molecule has 6 heteroatoms. The second-order valence-electron chi connectivity index (χ2n) is 6.34. The molecule has 0 unspecified atom stereocenters. The van der Waals surface area contributed by atoms with Crippen LogP contribution in [0.3, 0.4) is 0 Å². The Morgan fingerprint density at radius 1 is 1.23 bits per heavy atom. The smallest absolute Gasteiger partial charge is 0.227 e. The summed E-state index contributed by atoms with van der Waals surface area (Å²) in [6, 6.07) is 3.94. The lowest BCUT2D eigenvalue weighted by molar-refractivity contribution is -0.137. The topological polar surface area (TPSA) is 62.2 Å². The summed E-state index contributed by atoms with van der Waals surface area (Å²) in [5.74, 6) is 1.65. The third-order valence-electron chi connectivity index (χ3n) is 4.87. The summed E-state index contributed by atoms with van der Waals surface area (Å²) in [6.45, 7) is 4.44. The Labute approximate surface area is 129 Å². The van der Waals surface area contributed by atoms with Crippen LogP contribution in [-0.2, 0) is 4.79 Å². The Hall–Kier alpha value is -2.24. The summed E-state index contributed by atoms with van der Waals surface area (Å²) in [4.78, 5) is 29.8. The lowest BCUT2D eigenvalue weighted by atomic mass is 9.88. The van der Waals surface area contributed by atoms with E-state index < -0.39 is 0 Å². The summed E-state index contributed by atoms with van der Waals surface area (Å²) < 4.78 is 0. The van der Waals surface area contributed by atoms with Crippen LogP contribution in [0.4, 0.5) is 5.82 Å². The van der Waals surface area contributed by atoms with E-state index in [2.05, 4.69) is 19.9 Å². The van der Waals surface area contributed by atoms with E-state index >= 15 is 0 Å². The zero-order chi connectivity index (χ0) is 15.3. The van der Waals surface area contributed by atoms with Gasteiger partial charge in [-0.1, -0.05) is 0 Å². The highest BCUT2D eigenvalue weighted by Crippen LogP contribution is 2.35. The molecule has 114 valence electrons. The number of nitrogens with zero attached hydrogens (tertiary/aromatic N) is 5. The standard InChI is InChI=1S/C16H19N5O/c1-10-3-4-13-14(19-10)15(18-9-17-13)21-7-11-5-6-20(2)16(22)12(11)8-21/h3-4,9,11-12H,5-8H2,1-2H3/t11-,12+/m1/s1. The molecule has 0 N–H and O–H groups in total. The summed E-state index contributed by atoms with van der Waals surface area (Å²) >= 11 is 0. The molecule has 2 fully saturated rings. The highest BCUT2D eigenvalue weighted by Gasteiger charge is 2.42. The lowest BCUT2D eigenvalue weighted by Gasteiger charge is -2.30. The molecule has 0 spiro atoms. The fourth-order valence-corrected chi connectivity index (χ4v) is 3.63. The van der Waals surface area contributed by atoms with Crippen molar-refractivity contribution in [2.45, 2.75) is 13.3 Å². The van der Waals surface area contributed by atoms with E-state index in [1.54, 1.807) is 6.33 Å². The summed E-state index contributed by atoms with van der Waals surface area (Å²) in [6.07, 6.45) is 2.66. The maximum atomic E-state index is 12.4. The average Bonchev–Trinajstić information content (AvgIpc) is 2.95. The van der Waals surface area contributed by atoms with E-state index in [1.807, 2.05) is 31.0 Å². The predicted molar refractivity (Wildman–Crippen MR) is 83.5 cm³/mol. The number of amides is 1. The summed E-state index contributed by atoms with van der Waals surface area (Å²) in [5.41, 5.74) is 2.65. The molecule has 6 nitrogen and oxygen atoms in total. The van der Waals surface area contributed by atoms with Crippen LogP contribution < -0.4 is 4.90 Å². The van der Waals surface area contributed by atoms with Crippen molar-refractivity contribution in [3.05, 3.63) is 24.2 Å². The molecule has 2 aromatic rings. The number of pyridine rings is 1. The van der Waals surface area contributed by atoms with Crippen LogP contribution >= 0.6 is 0 Å². The van der Waals surface area contributed by atoms with Gasteiger partial charge in [-0.15, -0.1) is 0 Å². The van der Waals surface area contributed by atoms with Gasteiger partial charge in [-0.25, -0.2) is 15.0 Å². The van der Waals surface area contributed by atoms with Gasteiger partial charge in [0.1, 0.15) is 11.8 Å². The van der Waals surface area contributed by atoms with Crippen molar-refractivity contribution in [2.75, 3.05) is 31.6 Å². The second-order valence-corrected chi connectivity index (χ2v) is 6.34. The van der Waals surface area contributed by atoms with E-state index in [-0.39, 0.29) is 11.8 Å². The van der Waals surface area contributed by atoms with Gasteiger partial charge in [0.05, 0.1) is 11.4 Å². The van der Waals surface area contributed by atoms with Gasteiger partial charge < -0.3 is 9.80 Å². The molecule has 1 amide bonds. The zero-order valence-electron chi connectivity index (χ0n) is 12.9. The fraction of sp³-hybridized carbons (Fsp3) is 0.500. The highest BCUT2D eigenvalue weighted by atomic mass is 16.2. The van der Waals surface area contributed by atoms with Crippen LogP contribution in [0.15, 0.2) is 18.5 Å². The SMILES string of the molecule is Cc1ccc2ncnc(N3C[C@H]4CCN(C)C(=O)[C@H]4C3)c2n1. The molecule has 2 saturated heterocycles. The van der Waals surface area contributed by atoms with Crippen LogP contribution in [0.2, 0.25) is 0 Å². The first-order valence-electron chi connectivity index (χ1n) is 7.72. The molecule has 2 aromatic heterocycles. The summed E-state index contributed by atoms with van der Waals surface area (Å²) in [7, 11) is 1.90. The minimum absolute atomic E-state index is 0.0913. The molecule has 2 atom stereocenters. The van der Waals surface area contributed by atoms with E-state index in [1.165, 1.54) is 0 Å². The Kier molecular flexibility index (Phi) is 2.99. The second kappa shape index (κ2) is 4.90. The Morgan fingerprint density at radius 2 is 2.09 bits per heavy atom. The molecule has 0 radical (unpaired) electrons. The number of fused-ring (bicyclic) bond motifs is 2.